The van der Waals surface area contributed by atoms with Gasteiger partial charge < -0.3 is 10.6 Å². The molecule has 2 aliphatic carbocycles. The third kappa shape index (κ3) is 2.46. The molecule has 0 spiro atoms. The normalized spacial score (nSPS) is 23.9. The molecule has 0 atom stereocenters. The van der Waals surface area contributed by atoms with Gasteiger partial charge in [0.05, 0.1) is 6.07 Å². The Morgan fingerprint density at radius 3 is 2.38 bits per heavy atom. The van der Waals surface area contributed by atoms with E-state index in [1.807, 2.05) is 0 Å². The summed E-state index contributed by atoms with van der Waals surface area (Å²) in [5.74, 6) is 0. The van der Waals surface area contributed by atoms with Gasteiger partial charge in [-0.2, -0.15) is 5.26 Å². The molecule has 0 bridgehead atoms. The van der Waals surface area contributed by atoms with Crippen LogP contribution in [-0.4, -0.2) is 17.6 Å². The van der Waals surface area contributed by atoms with Crippen molar-refractivity contribution in [2.24, 2.45) is 0 Å². The number of carbonyl (C=O) groups excluding carboxylic acids is 1. The molecule has 0 aromatic heterocycles. The first kappa shape index (κ1) is 11.3. The highest BCUT2D eigenvalue weighted by Crippen LogP contribution is 2.27. The minimum atomic E-state index is -0.605. The first-order chi connectivity index (χ1) is 7.74. The van der Waals surface area contributed by atoms with Crippen molar-refractivity contribution in [3.63, 3.8) is 0 Å². The molecule has 2 saturated carbocycles. The largest absolute Gasteiger partial charge is 0.335 e. The zero-order valence-corrected chi connectivity index (χ0v) is 9.59. The van der Waals surface area contributed by atoms with Crippen molar-refractivity contribution in [1.82, 2.24) is 10.6 Å². The number of nitriles is 1. The summed E-state index contributed by atoms with van der Waals surface area (Å²) >= 11 is 0. The number of rotatable bonds is 2. The van der Waals surface area contributed by atoms with Crippen LogP contribution in [0.15, 0.2) is 0 Å². The van der Waals surface area contributed by atoms with Crippen LogP contribution >= 0.6 is 0 Å². The second-order valence-electron chi connectivity index (χ2n) is 4.98. The van der Waals surface area contributed by atoms with Crippen LogP contribution in [0.4, 0.5) is 4.79 Å². The molecule has 4 heteroatoms. The summed E-state index contributed by atoms with van der Waals surface area (Å²) in [6.45, 7) is 0. The van der Waals surface area contributed by atoms with Crippen molar-refractivity contribution in [2.75, 3.05) is 0 Å². The highest BCUT2D eigenvalue weighted by molar-refractivity contribution is 5.75. The van der Waals surface area contributed by atoms with E-state index in [9.17, 15) is 10.1 Å². The van der Waals surface area contributed by atoms with E-state index in [0.717, 1.165) is 38.5 Å². The van der Waals surface area contributed by atoms with Crippen LogP contribution in [0.5, 0.6) is 0 Å². The van der Waals surface area contributed by atoms with E-state index in [-0.39, 0.29) is 6.03 Å². The maximum atomic E-state index is 11.7. The van der Waals surface area contributed by atoms with Crippen molar-refractivity contribution in [2.45, 2.75) is 62.9 Å². The molecule has 4 nitrogen and oxygen atoms in total. The summed E-state index contributed by atoms with van der Waals surface area (Å²) < 4.78 is 0. The lowest BCUT2D eigenvalue weighted by atomic mass is 9.83. The summed E-state index contributed by atoms with van der Waals surface area (Å²) in [5.41, 5.74) is -0.605. The SMILES string of the molecule is N#CC1(NC(=O)NC2CCC2)CCCCC1. The molecule has 2 rings (SSSR count). The van der Waals surface area contributed by atoms with Crippen molar-refractivity contribution in [3.8, 4) is 6.07 Å². The molecule has 2 fully saturated rings. The second-order valence-corrected chi connectivity index (χ2v) is 4.98. The number of carbonyl (C=O) groups is 1. The fourth-order valence-corrected chi connectivity index (χ4v) is 2.41. The molecule has 0 unspecified atom stereocenters. The molecule has 2 N–H and O–H groups in total. The minimum absolute atomic E-state index is 0.159. The number of nitrogens with one attached hydrogen (secondary N) is 2. The Bertz CT molecular complexity index is 298. The fourth-order valence-electron chi connectivity index (χ4n) is 2.41. The van der Waals surface area contributed by atoms with Crippen molar-refractivity contribution in [3.05, 3.63) is 0 Å². The zero-order chi connectivity index (χ0) is 11.4. The highest BCUT2D eigenvalue weighted by atomic mass is 16.2. The van der Waals surface area contributed by atoms with Gasteiger partial charge in [-0.05, 0) is 32.1 Å². The second kappa shape index (κ2) is 4.73. The quantitative estimate of drug-likeness (QED) is 0.749. The van der Waals surface area contributed by atoms with E-state index in [1.54, 1.807) is 0 Å². The maximum absolute atomic E-state index is 11.7. The van der Waals surface area contributed by atoms with Gasteiger partial charge in [0, 0.05) is 6.04 Å². The van der Waals surface area contributed by atoms with E-state index < -0.39 is 5.54 Å². The van der Waals surface area contributed by atoms with Gasteiger partial charge >= 0.3 is 6.03 Å². The molecule has 16 heavy (non-hydrogen) atoms. The monoisotopic (exact) mass is 221 g/mol. The summed E-state index contributed by atoms with van der Waals surface area (Å²) in [5, 5.41) is 15.0. The maximum Gasteiger partial charge on any atom is 0.316 e. The number of hydrogen-bond donors (Lipinski definition) is 2. The molecule has 0 radical (unpaired) electrons. The summed E-state index contributed by atoms with van der Waals surface area (Å²) in [4.78, 5) is 11.7. The molecule has 0 aromatic carbocycles. The van der Waals surface area contributed by atoms with Crippen LogP contribution in [-0.2, 0) is 0 Å². The molecular weight excluding hydrogens is 202 g/mol. The number of nitrogens with zero attached hydrogens (tertiary/aromatic N) is 1. The Labute approximate surface area is 96.4 Å². The number of hydrogen-bond acceptors (Lipinski definition) is 2. The van der Waals surface area contributed by atoms with E-state index >= 15 is 0 Å². The van der Waals surface area contributed by atoms with Crippen LogP contribution in [0.1, 0.15) is 51.4 Å². The van der Waals surface area contributed by atoms with Gasteiger partial charge in [-0.15, -0.1) is 0 Å². The summed E-state index contributed by atoms with van der Waals surface area (Å²) in [6, 6.07) is 2.46. The van der Waals surface area contributed by atoms with E-state index in [0.29, 0.717) is 6.04 Å². The highest BCUT2D eigenvalue weighted by Gasteiger charge is 2.34. The molecular formula is C12H19N3O. The lowest BCUT2D eigenvalue weighted by Crippen LogP contribution is -2.55. The summed E-state index contributed by atoms with van der Waals surface area (Å²) in [7, 11) is 0. The molecule has 2 amide bonds. The average Bonchev–Trinajstić information content (AvgIpc) is 2.25. The van der Waals surface area contributed by atoms with Crippen LogP contribution < -0.4 is 10.6 Å². The predicted molar refractivity (Wildman–Crippen MR) is 60.7 cm³/mol. The zero-order valence-electron chi connectivity index (χ0n) is 9.59. The molecule has 0 aliphatic heterocycles. The first-order valence-corrected chi connectivity index (χ1v) is 6.24. The van der Waals surface area contributed by atoms with Crippen LogP contribution in [0.25, 0.3) is 0 Å². The third-order valence-corrected chi connectivity index (χ3v) is 3.71. The lowest BCUT2D eigenvalue weighted by Gasteiger charge is -2.33. The Hall–Kier alpha value is -1.24. The molecule has 88 valence electrons. The Morgan fingerprint density at radius 2 is 1.88 bits per heavy atom. The van der Waals surface area contributed by atoms with Crippen LogP contribution in [0.3, 0.4) is 0 Å². The van der Waals surface area contributed by atoms with E-state index in [1.165, 1.54) is 12.8 Å². The van der Waals surface area contributed by atoms with Crippen LogP contribution in [0, 0.1) is 11.3 Å². The lowest BCUT2D eigenvalue weighted by molar-refractivity contribution is 0.211. The van der Waals surface area contributed by atoms with Crippen molar-refractivity contribution in [1.29, 1.82) is 5.26 Å². The van der Waals surface area contributed by atoms with Gasteiger partial charge in [-0.25, -0.2) is 4.79 Å². The van der Waals surface area contributed by atoms with Gasteiger partial charge in [-0.3, -0.25) is 0 Å². The average molecular weight is 221 g/mol. The van der Waals surface area contributed by atoms with Gasteiger partial charge in [-0.1, -0.05) is 19.3 Å². The van der Waals surface area contributed by atoms with Gasteiger partial charge in [0.2, 0.25) is 0 Å². The standard InChI is InChI=1S/C12H19N3O/c13-9-12(7-2-1-3-8-12)15-11(16)14-10-5-4-6-10/h10H,1-8H2,(H2,14,15,16). The van der Waals surface area contributed by atoms with Gasteiger partial charge in [0.15, 0.2) is 0 Å². The first-order valence-electron chi connectivity index (χ1n) is 6.24. The molecule has 0 heterocycles. The van der Waals surface area contributed by atoms with E-state index in [2.05, 4.69) is 16.7 Å². The van der Waals surface area contributed by atoms with Crippen molar-refractivity contribution < 1.29 is 4.79 Å². The number of urea groups is 1. The van der Waals surface area contributed by atoms with Crippen molar-refractivity contribution >= 4 is 6.03 Å². The molecule has 0 saturated heterocycles. The molecule has 0 aromatic rings. The minimum Gasteiger partial charge on any atom is -0.335 e. The van der Waals surface area contributed by atoms with Crippen LogP contribution in [0.2, 0.25) is 0 Å². The Balaban J connectivity index is 1.85. The van der Waals surface area contributed by atoms with Gasteiger partial charge in [0.25, 0.3) is 0 Å². The Kier molecular flexibility index (Phi) is 3.33. The van der Waals surface area contributed by atoms with Gasteiger partial charge in [0.1, 0.15) is 5.54 Å². The molecule has 2 aliphatic rings. The van der Waals surface area contributed by atoms with E-state index in [4.69, 9.17) is 0 Å². The number of amides is 2. The summed E-state index contributed by atoms with van der Waals surface area (Å²) in [6.07, 6.45) is 8.20. The Morgan fingerprint density at radius 1 is 1.19 bits per heavy atom. The topological polar surface area (TPSA) is 64.9 Å². The fraction of sp³-hybridized carbons (Fsp3) is 0.833. The third-order valence-electron chi connectivity index (χ3n) is 3.71. The predicted octanol–water partition coefficient (Wildman–Crippen LogP) is 2.06. The smallest absolute Gasteiger partial charge is 0.316 e.